The molecule has 2 aliphatic heterocycles. The van der Waals surface area contributed by atoms with Gasteiger partial charge in [-0.1, -0.05) is 10.8 Å². The minimum absolute atomic E-state index is 0.0507. The number of hydroxylamine groups is 3. The van der Waals surface area contributed by atoms with Crippen molar-refractivity contribution in [1.82, 2.24) is 10.0 Å². The Hall–Kier alpha value is -1.91. The summed E-state index contributed by atoms with van der Waals surface area (Å²) in [4.78, 5) is 47.9. The average Bonchev–Trinajstić information content (AvgIpc) is 2.94. The molecular formula is C16H21N3O9S3. The van der Waals surface area contributed by atoms with Crippen LogP contribution in [-0.4, -0.2) is 88.2 Å². The first kappa shape index (κ1) is 25.4. The van der Waals surface area contributed by atoms with E-state index in [1.807, 2.05) is 0 Å². The molecular weight excluding hydrogens is 474 g/mol. The number of hydrazine groups is 1. The van der Waals surface area contributed by atoms with E-state index in [0.717, 1.165) is 15.8 Å². The van der Waals surface area contributed by atoms with Crippen molar-refractivity contribution in [3.05, 3.63) is 22.8 Å². The number of allylic oxidation sites excluding steroid dienone is 2. The monoisotopic (exact) mass is 495 g/mol. The standard InChI is InChI=1S/C16H21N3O9S3/c1-19(2,25)16(24)10-5-6-13(30-29-7-3-4-14(21)22)17(9-10)18-12(20)8-11(15(18)23)31(26,27)28/h5-6,11,25H,3-4,7-9H2,1-2H3,(H-,21,22,26,27,28). The van der Waals surface area contributed by atoms with Gasteiger partial charge in [-0.25, -0.2) is 10.0 Å². The molecule has 0 aromatic rings. The largest absolute Gasteiger partial charge is 0.550 e. The fourth-order valence-corrected chi connectivity index (χ4v) is 5.66. The van der Waals surface area contributed by atoms with Gasteiger partial charge in [-0.3, -0.25) is 19.2 Å². The van der Waals surface area contributed by atoms with Crippen LogP contribution in [0.2, 0.25) is 0 Å². The van der Waals surface area contributed by atoms with Gasteiger partial charge in [0.25, 0.3) is 16.0 Å². The summed E-state index contributed by atoms with van der Waals surface area (Å²) in [6, 6.07) is 0. The normalized spacial score (nSPS) is 20.1. The summed E-state index contributed by atoms with van der Waals surface area (Å²) in [5, 5.41) is 20.5. The van der Waals surface area contributed by atoms with E-state index < -0.39 is 50.1 Å². The summed E-state index contributed by atoms with van der Waals surface area (Å²) in [6.07, 6.45) is 2.25. The lowest BCUT2D eigenvalue weighted by molar-refractivity contribution is -1.01. The topological polar surface area (TPSA) is 172 Å². The van der Waals surface area contributed by atoms with Crippen molar-refractivity contribution in [2.45, 2.75) is 24.5 Å². The van der Waals surface area contributed by atoms with E-state index >= 15 is 0 Å². The quantitative estimate of drug-likeness (QED) is 0.0753. The first-order valence-electron chi connectivity index (χ1n) is 8.86. The molecule has 1 fully saturated rings. The Balaban J connectivity index is 2.28. The number of hydrogen-bond acceptors (Lipinski definition) is 11. The zero-order valence-electron chi connectivity index (χ0n) is 16.6. The number of carbonyl (C=O) groups is 4. The molecule has 2 N–H and O–H groups in total. The lowest BCUT2D eigenvalue weighted by Gasteiger charge is -2.35. The molecule has 3 amide bonds. The van der Waals surface area contributed by atoms with Crippen molar-refractivity contribution in [1.29, 1.82) is 0 Å². The zero-order chi connectivity index (χ0) is 23.6. The number of nitrogens with zero attached hydrogens (tertiary/aromatic N) is 3. The Bertz CT molecular complexity index is 953. The third-order valence-corrected chi connectivity index (χ3v) is 7.75. The van der Waals surface area contributed by atoms with Gasteiger partial charge in [-0.2, -0.15) is 13.4 Å². The number of aliphatic carboxylic acids is 1. The van der Waals surface area contributed by atoms with E-state index in [9.17, 15) is 42.5 Å². The predicted octanol–water partition coefficient (Wildman–Crippen LogP) is -1.10. The summed E-state index contributed by atoms with van der Waals surface area (Å²) in [7, 11) is -0.0744. The van der Waals surface area contributed by atoms with Gasteiger partial charge in [0.1, 0.15) is 19.1 Å². The third-order valence-electron chi connectivity index (χ3n) is 4.21. The number of quaternary nitrogens is 1. The fraction of sp³-hybridized carbons (Fsp3) is 0.500. The number of carbonyl (C=O) groups excluding carboxylic acids is 4. The van der Waals surface area contributed by atoms with Crippen LogP contribution in [-0.2, 0) is 29.3 Å². The summed E-state index contributed by atoms with van der Waals surface area (Å²) in [6.45, 7) is -0.310. The van der Waals surface area contributed by atoms with Gasteiger partial charge in [0.05, 0.1) is 18.5 Å². The highest BCUT2D eigenvalue weighted by atomic mass is 33.1. The molecule has 0 spiro atoms. The number of amides is 3. The lowest BCUT2D eigenvalue weighted by Crippen LogP contribution is -2.51. The molecule has 0 radical (unpaired) electrons. The minimum atomic E-state index is -4.82. The van der Waals surface area contributed by atoms with Crippen LogP contribution < -0.4 is 5.11 Å². The highest BCUT2D eigenvalue weighted by Crippen LogP contribution is 2.38. The molecule has 2 heterocycles. The molecule has 1 atom stereocenters. The van der Waals surface area contributed by atoms with E-state index in [1.54, 1.807) is 0 Å². The molecule has 0 aromatic heterocycles. The molecule has 0 saturated carbocycles. The second-order valence-electron chi connectivity index (χ2n) is 7.09. The maximum absolute atomic E-state index is 12.6. The van der Waals surface area contributed by atoms with Gasteiger partial charge in [-0.15, -0.1) is 4.65 Å². The number of rotatable bonds is 9. The smallest absolute Gasteiger partial charge is 0.375 e. The van der Waals surface area contributed by atoms with Crippen LogP contribution in [0.3, 0.4) is 0 Å². The molecule has 1 saturated heterocycles. The molecule has 2 rings (SSSR count). The maximum atomic E-state index is 12.6. The van der Waals surface area contributed by atoms with Gasteiger partial charge < -0.3 is 9.90 Å². The van der Waals surface area contributed by atoms with E-state index in [4.69, 9.17) is 0 Å². The van der Waals surface area contributed by atoms with Crippen LogP contribution in [0.4, 0.5) is 0 Å². The molecule has 0 bridgehead atoms. The van der Waals surface area contributed by atoms with Crippen molar-refractivity contribution in [2.24, 2.45) is 0 Å². The highest BCUT2D eigenvalue weighted by molar-refractivity contribution is 8.78. The second kappa shape index (κ2) is 9.70. The van der Waals surface area contributed by atoms with E-state index in [0.29, 0.717) is 22.2 Å². The number of carboxylic acid groups (broad SMARTS) is 1. The van der Waals surface area contributed by atoms with Gasteiger partial charge in [0, 0.05) is 11.7 Å². The number of carboxylic acids is 1. The van der Waals surface area contributed by atoms with Crippen LogP contribution in [0.15, 0.2) is 22.8 Å². The first-order valence-corrected chi connectivity index (χ1v) is 12.7. The molecule has 1 unspecified atom stereocenters. The summed E-state index contributed by atoms with van der Waals surface area (Å²) in [5.41, 5.74) is 0.0507. The Morgan fingerprint density at radius 2 is 1.94 bits per heavy atom. The van der Waals surface area contributed by atoms with Crippen LogP contribution in [0, 0.1) is 0 Å². The van der Waals surface area contributed by atoms with Crippen molar-refractivity contribution in [3.63, 3.8) is 0 Å². The van der Waals surface area contributed by atoms with Crippen LogP contribution in [0.1, 0.15) is 19.3 Å². The van der Waals surface area contributed by atoms with Gasteiger partial charge in [0.15, 0.2) is 5.25 Å². The highest BCUT2D eigenvalue weighted by Gasteiger charge is 2.50. The predicted molar refractivity (Wildman–Crippen MR) is 108 cm³/mol. The number of likely N-dealkylation sites (N-methyl/N-ethyl adjacent to an activating group) is 1. The van der Waals surface area contributed by atoms with Gasteiger partial charge in [-0.05, 0) is 35.8 Å². The second-order valence-corrected chi connectivity index (χ2v) is 11.1. The number of imide groups is 1. The van der Waals surface area contributed by atoms with Crippen molar-refractivity contribution < 1.29 is 47.1 Å². The van der Waals surface area contributed by atoms with E-state index in [-0.39, 0.29) is 18.5 Å². The van der Waals surface area contributed by atoms with E-state index in [1.165, 1.54) is 37.0 Å². The van der Waals surface area contributed by atoms with Crippen molar-refractivity contribution in [3.8, 4) is 0 Å². The summed E-state index contributed by atoms with van der Waals surface area (Å²) in [5.74, 6) is -3.54. The van der Waals surface area contributed by atoms with Crippen LogP contribution in [0.5, 0.6) is 0 Å². The molecule has 172 valence electrons. The molecule has 2 aliphatic rings. The Morgan fingerprint density at radius 1 is 1.29 bits per heavy atom. The molecule has 15 heteroatoms. The SMILES string of the molecule is C[N+](C)(O)C(=O)C1=CC=C(SSCCCC(=O)[O-])N(N2C(=O)CC(S(=O)(=O)O)C2=O)C1. The van der Waals surface area contributed by atoms with Crippen molar-refractivity contribution >= 4 is 55.4 Å². The van der Waals surface area contributed by atoms with Crippen LogP contribution in [0.25, 0.3) is 0 Å². The van der Waals surface area contributed by atoms with Crippen LogP contribution >= 0.6 is 21.6 Å². The minimum Gasteiger partial charge on any atom is -0.550 e. The molecule has 31 heavy (non-hydrogen) atoms. The van der Waals surface area contributed by atoms with Crippen molar-refractivity contribution in [2.75, 3.05) is 26.4 Å². The van der Waals surface area contributed by atoms with Gasteiger partial charge >= 0.3 is 5.91 Å². The molecule has 0 aromatic carbocycles. The Morgan fingerprint density at radius 3 is 2.45 bits per heavy atom. The lowest BCUT2D eigenvalue weighted by atomic mass is 10.1. The summed E-state index contributed by atoms with van der Waals surface area (Å²) >= 11 is 0. The van der Waals surface area contributed by atoms with Gasteiger partial charge in [0.2, 0.25) is 5.91 Å². The Labute approximate surface area is 186 Å². The molecule has 0 aliphatic carbocycles. The number of hydrogen-bond donors (Lipinski definition) is 2. The average molecular weight is 496 g/mol. The Kier molecular flexibility index (Phi) is 7.94. The first-order chi connectivity index (χ1) is 14.2. The fourth-order valence-electron chi connectivity index (χ4n) is 2.74. The molecule has 12 nitrogen and oxygen atoms in total. The summed E-state index contributed by atoms with van der Waals surface area (Å²) < 4.78 is 31.1. The third kappa shape index (κ3) is 6.30. The maximum Gasteiger partial charge on any atom is 0.375 e. The zero-order valence-corrected chi connectivity index (χ0v) is 19.0. The van der Waals surface area contributed by atoms with E-state index in [2.05, 4.69) is 0 Å².